The molecular weight excluding hydrogens is 240 g/mol. The van der Waals surface area contributed by atoms with Gasteiger partial charge in [0.05, 0.1) is 0 Å². The number of carboxylic acid groups (broad SMARTS) is 2. The van der Waals surface area contributed by atoms with E-state index in [-0.39, 0.29) is 50.1 Å². The van der Waals surface area contributed by atoms with Gasteiger partial charge in [-0.2, -0.15) is 0 Å². The Labute approximate surface area is 104 Å². The molecule has 6 nitrogen and oxygen atoms in total. The molecule has 6 heteroatoms. The molecule has 0 saturated heterocycles. The molecular formula is C12H16O6. The van der Waals surface area contributed by atoms with E-state index >= 15 is 0 Å². The third-order valence-electron chi connectivity index (χ3n) is 3.22. The minimum absolute atomic E-state index is 0.0520. The van der Waals surface area contributed by atoms with Crippen LogP contribution in [0.3, 0.4) is 0 Å². The molecule has 0 heterocycles. The van der Waals surface area contributed by atoms with Crippen LogP contribution in [-0.4, -0.2) is 33.7 Å². The molecule has 1 rings (SSSR count). The second kappa shape index (κ2) is 6.28. The van der Waals surface area contributed by atoms with E-state index in [1.165, 1.54) is 0 Å². The van der Waals surface area contributed by atoms with E-state index in [0.717, 1.165) is 0 Å². The standard InChI is InChI=1S/C12H16O6/c13-9-6-8(2-4-12(17)18)10(14)5-7(9)1-3-11(15)16/h7-8H,1-6H2,(H,15,16)(H,17,18)/t7-,8-/m1/s1. The van der Waals surface area contributed by atoms with E-state index in [4.69, 9.17) is 10.2 Å². The fourth-order valence-electron chi connectivity index (χ4n) is 2.17. The quantitative estimate of drug-likeness (QED) is 0.730. The summed E-state index contributed by atoms with van der Waals surface area (Å²) in [4.78, 5) is 44.3. The number of aliphatic carboxylic acids is 2. The zero-order valence-corrected chi connectivity index (χ0v) is 9.92. The van der Waals surface area contributed by atoms with Gasteiger partial charge in [-0.15, -0.1) is 0 Å². The summed E-state index contributed by atoms with van der Waals surface area (Å²) in [6, 6.07) is 0. The number of hydrogen-bond acceptors (Lipinski definition) is 4. The van der Waals surface area contributed by atoms with Crippen molar-refractivity contribution in [1.82, 2.24) is 0 Å². The number of carboxylic acids is 2. The number of carbonyl (C=O) groups excluding carboxylic acids is 2. The average molecular weight is 256 g/mol. The highest BCUT2D eigenvalue weighted by Crippen LogP contribution is 2.29. The van der Waals surface area contributed by atoms with Gasteiger partial charge in [-0.1, -0.05) is 0 Å². The number of rotatable bonds is 6. The maximum absolute atomic E-state index is 11.7. The SMILES string of the molecule is O=C(O)CC[C@@H]1CC(=O)[C@H](CCC(=O)O)CC1=O. The van der Waals surface area contributed by atoms with Crippen molar-refractivity contribution in [2.24, 2.45) is 11.8 Å². The first kappa shape index (κ1) is 14.3. The fraction of sp³-hybridized carbons (Fsp3) is 0.667. The van der Waals surface area contributed by atoms with Crippen LogP contribution in [0.25, 0.3) is 0 Å². The topological polar surface area (TPSA) is 109 Å². The van der Waals surface area contributed by atoms with Crippen molar-refractivity contribution in [2.75, 3.05) is 0 Å². The summed E-state index contributed by atoms with van der Waals surface area (Å²) in [5.74, 6) is -3.21. The van der Waals surface area contributed by atoms with Crippen molar-refractivity contribution in [2.45, 2.75) is 38.5 Å². The largest absolute Gasteiger partial charge is 0.481 e. The Morgan fingerprint density at radius 1 is 0.889 bits per heavy atom. The van der Waals surface area contributed by atoms with Crippen LogP contribution in [0.2, 0.25) is 0 Å². The third kappa shape index (κ3) is 4.27. The summed E-state index contributed by atoms with van der Waals surface area (Å²) < 4.78 is 0. The first-order valence-corrected chi connectivity index (χ1v) is 5.89. The number of ketones is 2. The lowest BCUT2D eigenvalue weighted by atomic mass is 9.76. The van der Waals surface area contributed by atoms with Gasteiger partial charge in [0.2, 0.25) is 0 Å². The van der Waals surface area contributed by atoms with Crippen molar-refractivity contribution >= 4 is 23.5 Å². The lowest BCUT2D eigenvalue weighted by molar-refractivity contribution is -0.142. The Kier molecular flexibility index (Phi) is 5.00. The van der Waals surface area contributed by atoms with Crippen LogP contribution in [0, 0.1) is 11.8 Å². The van der Waals surface area contributed by atoms with Crippen molar-refractivity contribution in [3.8, 4) is 0 Å². The van der Waals surface area contributed by atoms with Gasteiger partial charge in [-0.25, -0.2) is 0 Å². The summed E-state index contributed by atoms with van der Waals surface area (Å²) in [6.07, 6.45) is 0.233. The summed E-state index contributed by atoms with van der Waals surface area (Å²) in [7, 11) is 0. The van der Waals surface area contributed by atoms with Crippen LogP contribution < -0.4 is 0 Å². The number of Topliss-reactive ketones (excluding diaryl/α,β-unsaturated/α-hetero) is 2. The van der Waals surface area contributed by atoms with Crippen LogP contribution in [0.15, 0.2) is 0 Å². The molecule has 0 aromatic heterocycles. The smallest absolute Gasteiger partial charge is 0.303 e. The summed E-state index contributed by atoms with van der Waals surface area (Å²) in [6.45, 7) is 0. The predicted octanol–water partition coefficient (Wildman–Crippen LogP) is 0.880. The molecule has 2 atom stereocenters. The average Bonchev–Trinajstić information content (AvgIpc) is 2.27. The third-order valence-corrected chi connectivity index (χ3v) is 3.22. The molecule has 0 aliphatic heterocycles. The van der Waals surface area contributed by atoms with E-state index in [0.29, 0.717) is 0 Å². The maximum atomic E-state index is 11.7. The van der Waals surface area contributed by atoms with E-state index in [1.54, 1.807) is 0 Å². The van der Waals surface area contributed by atoms with Crippen LogP contribution in [-0.2, 0) is 19.2 Å². The first-order chi connectivity index (χ1) is 8.40. The highest BCUT2D eigenvalue weighted by molar-refractivity contribution is 5.96. The van der Waals surface area contributed by atoms with Crippen LogP contribution in [0.5, 0.6) is 0 Å². The Balaban J connectivity index is 2.48. The Morgan fingerprint density at radius 2 is 1.22 bits per heavy atom. The second-order valence-electron chi connectivity index (χ2n) is 4.60. The molecule has 100 valence electrons. The van der Waals surface area contributed by atoms with Gasteiger partial charge in [0.1, 0.15) is 11.6 Å². The lowest BCUT2D eigenvalue weighted by Gasteiger charge is -2.25. The summed E-state index contributed by atoms with van der Waals surface area (Å²) >= 11 is 0. The highest BCUT2D eigenvalue weighted by atomic mass is 16.4. The number of carbonyl (C=O) groups is 4. The Bertz CT molecular complexity index is 337. The molecule has 1 fully saturated rings. The van der Waals surface area contributed by atoms with Crippen molar-refractivity contribution in [3.05, 3.63) is 0 Å². The molecule has 0 bridgehead atoms. The van der Waals surface area contributed by atoms with Gasteiger partial charge in [0, 0.05) is 37.5 Å². The van der Waals surface area contributed by atoms with Crippen LogP contribution in [0.4, 0.5) is 0 Å². The molecule has 2 N–H and O–H groups in total. The van der Waals surface area contributed by atoms with Crippen LogP contribution >= 0.6 is 0 Å². The zero-order chi connectivity index (χ0) is 13.7. The maximum Gasteiger partial charge on any atom is 0.303 e. The molecule has 1 aliphatic carbocycles. The van der Waals surface area contributed by atoms with Gasteiger partial charge in [0.15, 0.2) is 0 Å². The predicted molar refractivity (Wildman–Crippen MR) is 60.0 cm³/mol. The van der Waals surface area contributed by atoms with E-state index in [1.807, 2.05) is 0 Å². The molecule has 1 aliphatic rings. The highest BCUT2D eigenvalue weighted by Gasteiger charge is 2.34. The van der Waals surface area contributed by atoms with E-state index in [9.17, 15) is 19.2 Å². The van der Waals surface area contributed by atoms with Gasteiger partial charge in [-0.3, -0.25) is 19.2 Å². The van der Waals surface area contributed by atoms with Crippen molar-refractivity contribution in [3.63, 3.8) is 0 Å². The Morgan fingerprint density at radius 3 is 1.50 bits per heavy atom. The fourth-order valence-corrected chi connectivity index (χ4v) is 2.17. The van der Waals surface area contributed by atoms with Gasteiger partial charge < -0.3 is 10.2 Å². The Hall–Kier alpha value is -1.72. The monoisotopic (exact) mass is 256 g/mol. The van der Waals surface area contributed by atoms with Crippen LogP contribution in [0.1, 0.15) is 38.5 Å². The van der Waals surface area contributed by atoms with Gasteiger partial charge >= 0.3 is 11.9 Å². The summed E-state index contributed by atoms with van der Waals surface area (Å²) in [5.41, 5.74) is 0. The second-order valence-corrected chi connectivity index (χ2v) is 4.60. The lowest BCUT2D eigenvalue weighted by Crippen LogP contribution is -2.33. The minimum Gasteiger partial charge on any atom is -0.481 e. The van der Waals surface area contributed by atoms with Gasteiger partial charge in [0.25, 0.3) is 0 Å². The molecule has 0 amide bonds. The van der Waals surface area contributed by atoms with Gasteiger partial charge in [-0.05, 0) is 12.8 Å². The summed E-state index contributed by atoms with van der Waals surface area (Å²) in [5, 5.41) is 17.1. The first-order valence-electron chi connectivity index (χ1n) is 5.89. The van der Waals surface area contributed by atoms with E-state index < -0.39 is 23.8 Å². The molecule has 0 aromatic carbocycles. The molecule has 1 saturated carbocycles. The molecule has 0 unspecified atom stereocenters. The molecule has 18 heavy (non-hydrogen) atoms. The number of hydrogen-bond donors (Lipinski definition) is 2. The molecule has 0 spiro atoms. The molecule has 0 aromatic rings. The zero-order valence-electron chi connectivity index (χ0n) is 9.92. The van der Waals surface area contributed by atoms with Crippen molar-refractivity contribution < 1.29 is 29.4 Å². The van der Waals surface area contributed by atoms with Crippen molar-refractivity contribution in [1.29, 1.82) is 0 Å². The minimum atomic E-state index is -0.983. The van der Waals surface area contributed by atoms with E-state index in [2.05, 4.69) is 0 Å². The normalized spacial score (nSPS) is 24.0. The molecule has 0 radical (unpaired) electrons.